The first-order valence-electron chi connectivity index (χ1n) is 13.2. The second-order valence-corrected chi connectivity index (χ2v) is 10.6. The normalized spacial score (nSPS) is 23.6. The van der Waals surface area contributed by atoms with Crippen molar-refractivity contribution in [2.24, 2.45) is 11.8 Å². The van der Waals surface area contributed by atoms with E-state index in [1.807, 2.05) is 44.2 Å². The lowest BCUT2D eigenvalue weighted by Gasteiger charge is -2.31. The van der Waals surface area contributed by atoms with Crippen molar-refractivity contribution in [2.45, 2.75) is 71.6 Å². The van der Waals surface area contributed by atoms with Crippen LogP contribution >= 0.6 is 0 Å². The zero-order valence-electron chi connectivity index (χ0n) is 22.4. The van der Waals surface area contributed by atoms with E-state index in [1.54, 1.807) is 18.7 Å². The number of benzene rings is 1. The zero-order valence-corrected chi connectivity index (χ0v) is 22.4. The highest BCUT2D eigenvalue weighted by atomic mass is 16.2. The number of nitrogens with one attached hydrogen (secondary N) is 3. The van der Waals surface area contributed by atoms with Crippen molar-refractivity contribution in [1.29, 1.82) is 0 Å². The van der Waals surface area contributed by atoms with E-state index in [9.17, 15) is 19.2 Å². The van der Waals surface area contributed by atoms with Crippen LogP contribution < -0.4 is 16.0 Å². The molecule has 11 nitrogen and oxygen atoms in total. The largest absolute Gasteiger partial charge is 0.350 e. The second-order valence-electron chi connectivity index (χ2n) is 10.6. The van der Waals surface area contributed by atoms with Gasteiger partial charge in [0.1, 0.15) is 18.4 Å². The Hall–Kier alpha value is -3.76. The fourth-order valence-electron chi connectivity index (χ4n) is 4.59. The lowest BCUT2D eigenvalue weighted by molar-refractivity contribution is -0.138. The van der Waals surface area contributed by atoms with Crippen LogP contribution in [0.4, 0.5) is 0 Å². The molecule has 204 valence electrons. The van der Waals surface area contributed by atoms with Gasteiger partial charge >= 0.3 is 0 Å². The average Bonchev–Trinajstić information content (AvgIpc) is 3.64. The number of aromatic nitrogens is 3. The van der Waals surface area contributed by atoms with Gasteiger partial charge in [-0.05, 0) is 44.6 Å². The Bertz CT molecular complexity index is 1180. The quantitative estimate of drug-likeness (QED) is 0.544. The van der Waals surface area contributed by atoms with Crippen molar-refractivity contribution in [1.82, 2.24) is 35.6 Å². The number of carbonyl (C=O) groups excluding carboxylic acids is 4. The van der Waals surface area contributed by atoms with Crippen molar-refractivity contribution in [3.63, 3.8) is 0 Å². The summed E-state index contributed by atoms with van der Waals surface area (Å²) in [5.41, 5.74) is 0.974. The van der Waals surface area contributed by atoms with Gasteiger partial charge in [-0.2, -0.15) is 5.10 Å². The van der Waals surface area contributed by atoms with Crippen LogP contribution in [-0.2, 0) is 32.1 Å². The number of hydrogen-bond donors (Lipinski definition) is 3. The molecule has 1 saturated carbocycles. The molecule has 3 atom stereocenters. The Morgan fingerprint density at radius 3 is 2.37 bits per heavy atom. The topological polar surface area (TPSA) is 138 Å². The van der Waals surface area contributed by atoms with Crippen LogP contribution in [0.2, 0.25) is 0 Å². The maximum atomic E-state index is 13.4. The fraction of sp³-hybridized carbons (Fsp3) is 0.556. The van der Waals surface area contributed by atoms with Crippen LogP contribution in [0.15, 0.2) is 30.3 Å². The maximum Gasteiger partial charge on any atom is 0.242 e. The first-order chi connectivity index (χ1) is 18.1. The number of carbonyl (C=O) groups is 4. The summed E-state index contributed by atoms with van der Waals surface area (Å²) in [6.45, 7) is 7.14. The first kappa shape index (κ1) is 27.3. The van der Waals surface area contributed by atoms with Crippen molar-refractivity contribution in [3.05, 3.63) is 47.5 Å². The molecule has 1 aliphatic carbocycles. The van der Waals surface area contributed by atoms with Gasteiger partial charge < -0.3 is 20.9 Å². The fourth-order valence-corrected chi connectivity index (χ4v) is 4.59. The standard InChI is InChI=1S/C27H37N7O4/c1-16(2)22-13-33(27(38)20-10-11-20)14-23(35)30-21(12-19-8-6-5-7-9-19)25-29-18(4)32-34(25)15-24(36)28-17(3)26(37)31-22/h5-9,16-17,20-22H,10-15H2,1-4H3,(H,28,36)(H,30,35)(H,31,37)/t17-,21+,22-/m1/s1. The molecule has 1 aromatic carbocycles. The summed E-state index contributed by atoms with van der Waals surface area (Å²) in [5, 5.41) is 13.1. The lowest BCUT2D eigenvalue weighted by Crippen LogP contribution is -2.54. The van der Waals surface area contributed by atoms with Gasteiger partial charge in [0.15, 0.2) is 5.82 Å². The summed E-state index contributed by atoms with van der Waals surface area (Å²) in [5.74, 6) is -0.370. The Balaban J connectivity index is 1.69. The Morgan fingerprint density at radius 1 is 1.03 bits per heavy atom. The van der Waals surface area contributed by atoms with Gasteiger partial charge in [-0.25, -0.2) is 9.67 Å². The second kappa shape index (κ2) is 11.7. The molecule has 0 spiro atoms. The highest BCUT2D eigenvalue weighted by Gasteiger charge is 2.36. The molecule has 0 unspecified atom stereocenters. The van der Waals surface area contributed by atoms with E-state index in [0.29, 0.717) is 18.1 Å². The van der Waals surface area contributed by atoms with Gasteiger partial charge in [0.2, 0.25) is 23.6 Å². The molecule has 4 amide bonds. The molecule has 2 aromatic rings. The zero-order chi connectivity index (χ0) is 27.4. The van der Waals surface area contributed by atoms with Gasteiger partial charge in [-0.15, -0.1) is 0 Å². The number of amides is 4. The Kier molecular flexibility index (Phi) is 8.43. The molecule has 2 heterocycles. The number of fused-ring (bicyclic) bond motifs is 1. The third-order valence-electron chi connectivity index (χ3n) is 6.92. The van der Waals surface area contributed by atoms with E-state index >= 15 is 0 Å². The molecule has 11 heteroatoms. The minimum atomic E-state index is -0.797. The molecule has 0 bridgehead atoms. The van der Waals surface area contributed by atoms with Crippen LogP contribution in [0.1, 0.15) is 56.9 Å². The van der Waals surface area contributed by atoms with Gasteiger partial charge in [0.25, 0.3) is 0 Å². The van der Waals surface area contributed by atoms with E-state index in [1.165, 1.54) is 4.68 Å². The van der Waals surface area contributed by atoms with Crippen LogP contribution in [0.3, 0.4) is 0 Å². The minimum absolute atomic E-state index is 0.00179. The summed E-state index contributed by atoms with van der Waals surface area (Å²) in [4.78, 5) is 58.6. The van der Waals surface area contributed by atoms with Crippen molar-refractivity contribution < 1.29 is 19.2 Å². The SMILES string of the molecule is Cc1nc2n(n1)CC(=O)N[C@H](C)C(=O)N[C@@H](C(C)C)CN(C(=O)C1CC1)CC(=O)N[C@H]2Cc1ccccc1. The third-order valence-corrected chi connectivity index (χ3v) is 6.92. The maximum absolute atomic E-state index is 13.4. The highest BCUT2D eigenvalue weighted by Crippen LogP contribution is 2.31. The summed E-state index contributed by atoms with van der Waals surface area (Å²) in [7, 11) is 0. The molecule has 4 rings (SSSR count). The molecular formula is C27H37N7O4. The number of hydrogen-bond acceptors (Lipinski definition) is 6. The van der Waals surface area contributed by atoms with Crippen LogP contribution in [0.25, 0.3) is 0 Å². The predicted molar refractivity (Wildman–Crippen MR) is 139 cm³/mol. The molecule has 0 radical (unpaired) electrons. The molecule has 38 heavy (non-hydrogen) atoms. The Labute approximate surface area is 222 Å². The molecule has 1 aromatic heterocycles. The van der Waals surface area contributed by atoms with Gasteiger partial charge in [0.05, 0.1) is 12.6 Å². The summed E-state index contributed by atoms with van der Waals surface area (Å²) >= 11 is 0. The molecule has 1 aliphatic heterocycles. The molecular weight excluding hydrogens is 486 g/mol. The summed E-state index contributed by atoms with van der Waals surface area (Å²) in [6, 6.07) is 7.89. The van der Waals surface area contributed by atoms with Crippen LogP contribution in [0.5, 0.6) is 0 Å². The average molecular weight is 524 g/mol. The van der Waals surface area contributed by atoms with Crippen LogP contribution in [-0.4, -0.2) is 68.5 Å². The summed E-state index contributed by atoms with van der Waals surface area (Å²) in [6.07, 6.45) is 2.03. The van der Waals surface area contributed by atoms with Crippen molar-refractivity contribution in [2.75, 3.05) is 13.1 Å². The molecule has 3 N–H and O–H groups in total. The molecule has 2 aliphatic rings. The van der Waals surface area contributed by atoms with Gasteiger partial charge in [-0.3, -0.25) is 19.2 Å². The van der Waals surface area contributed by atoms with Gasteiger partial charge in [-0.1, -0.05) is 44.2 Å². The number of nitrogens with zero attached hydrogens (tertiary/aromatic N) is 4. The minimum Gasteiger partial charge on any atom is -0.350 e. The summed E-state index contributed by atoms with van der Waals surface area (Å²) < 4.78 is 1.47. The van der Waals surface area contributed by atoms with E-state index in [-0.39, 0.29) is 55.2 Å². The number of aryl methyl sites for hydroxylation is 1. The van der Waals surface area contributed by atoms with E-state index in [0.717, 1.165) is 18.4 Å². The Morgan fingerprint density at radius 2 is 1.71 bits per heavy atom. The van der Waals surface area contributed by atoms with Gasteiger partial charge in [0, 0.05) is 18.5 Å². The monoisotopic (exact) mass is 523 g/mol. The van der Waals surface area contributed by atoms with Crippen molar-refractivity contribution in [3.8, 4) is 0 Å². The number of rotatable bonds is 4. The first-order valence-corrected chi connectivity index (χ1v) is 13.2. The van der Waals surface area contributed by atoms with E-state index in [2.05, 4.69) is 26.0 Å². The predicted octanol–water partition coefficient (Wildman–Crippen LogP) is 0.884. The van der Waals surface area contributed by atoms with E-state index < -0.39 is 18.0 Å². The van der Waals surface area contributed by atoms with Crippen molar-refractivity contribution >= 4 is 23.6 Å². The lowest BCUT2D eigenvalue weighted by atomic mass is 10.0. The molecule has 0 saturated heterocycles. The van der Waals surface area contributed by atoms with E-state index in [4.69, 9.17) is 0 Å². The smallest absolute Gasteiger partial charge is 0.242 e. The highest BCUT2D eigenvalue weighted by molar-refractivity contribution is 5.88. The third kappa shape index (κ3) is 6.96. The van der Waals surface area contributed by atoms with Crippen LogP contribution in [0, 0.1) is 18.8 Å². The molecule has 1 fully saturated rings.